The smallest absolute Gasteiger partial charge is 0.255 e. The van der Waals surface area contributed by atoms with Crippen molar-refractivity contribution in [3.63, 3.8) is 0 Å². The van der Waals surface area contributed by atoms with E-state index in [9.17, 15) is 4.79 Å². The minimum Gasteiger partial charge on any atom is -0.483 e. The number of hydrogen-bond acceptors (Lipinski definition) is 2. The highest BCUT2D eigenvalue weighted by Crippen LogP contribution is 2.42. The van der Waals surface area contributed by atoms with Crippen LogP contribution >= 0.6 is 31.9 Å². The monoisotopic (exact) mass is 423 g/mol. The Morgan fingerprint density at radius 3 is 2.68 bits per heavy atom. The maximum Gasteiger partial charge on any atom is 0.255 e. The number of aromatic nitrogens is 1. The number of ether oxygens (including phenoxy) is 1. The summed E-state index contributed by atoms with van der Waals surface area (Å²) in [5.41, 5.74) is 2.28. The molecule has 1 aromatic carbocycles. The number of halogens is 2. The van der Waals surface area contributed by atoms with Crippen LogP contribution in [0.5, 0.6) is 5.75 Å². The number of pyridine rings is 1. The predicted octanol–water partition coefficient (Wildman–Crippen LogP) is 4.44. The molecular weight excluding hydrogens is 410 g/mol. The molecule has 0 N–H and O–H groups in total. The van der Waals surface area contributed by atoms with E-state index in [2.05, 4.69) is 31.9 Å². The number of rotatable bonds is 2. The third-order valence-electron chi connectivity index (χ3n) is 3.77. The molecule has 0 spiro atoms. The van der Waals surface area contributed by atoms with E-state index in [0.29, 0.717) is 5.33 Å². The number of fused-ring (bicyclic) bond motifs is 1. The molecule has 0 radical (unpaired) electrons. The van der Waals surface area contributed by atoms with Crippen molar-refractivity contribution in [1.29, 1.82) is 0 Å². The molecule has 0 saturated carbocycles. The molecule has 0 fully saturated rings. The molecule has 2 aromatic rings. The summed E-state index contributed by atoms with van der Waals surface area (Å²) in [5.74, 6) is 0.781. The van der Waals surface area contributed by atoms with Gasteiger partial charge in [0.25, 0.3) is 5.56 Å². The minimum absolute atomic E-state index is 0.0559. The van der Waals surface area contributed by atoms with Gasteiger partial charge in [0, 0.05) is 33.2 Å². The Morgan fingerprint density at radius 1 is 1.23 bits per heavy atom. The maximum atomic E-state index is 12.3. The van der Waals surface area contributed by atoms with Crippen LogP contribution in [0.2, 0.25) is 0 Å². The topological polar surface area (TPSA) is 31.2 Å². The van der Waals surface area contributed by atoms with Gasteiger partial charge in [-0.1, -0.05) is 37.9 Å². The van der Waals surface area contributed by atoms with Crippen molar-refractivity contribution in [3.8, 4) is 5.75 Å². The maximum absolute atomic E-state index is 12.3. The molecule has 2 heterocycles. The highest BCUT2D eigenvalue weighted by Gasteiger charge is 2.35. The Balaban J connectivity index is 2.40. The van der Waals surface area contributed by atoms with Gasteiger partial charge in [0.15, 0.2) is 0 Å². The van der Waals surface area contributed by atoms with Gasteiger partial charge in [0.2, 0.25) is 0 Å². The molecule has 114 valence electrons. The Bertz CT molecular complexity index is 821. The fraction of sp³-hybridized carbons (Fsp3) is 0.235. The number of alkyl halides is 1. The zero-order chi connectivity index (χ0) is 15.9. The van der Waals surface area contributed by atoms with E-state index in [0.717, 1.165) is 27.1 Å². The molecule has 0 unspecified atom stereocenters. The standard InChI is InChI=1S/C17H15Br2NO2/c1-17(2)13(10-18)16(20-8-4-3-5-15(20)21)12-9-11(19)6-7-14(12)22-17/h3-9H,10H2,1-2H3. The second-order valence-corrected chi connectivity index (χ2v) is 7.10. The van der Waals surface area contributed by atoms with Gasteiger partial charge in [0.05, 0.1) is 5.70 Å². The summed E-state index contributed by atoms with van der Waals surface area (Å²) >= 11 is 7.06. The zero-order valence-electron chi connectivity index (χ0n) is 12.3. The SMILES string of the molecule is CC1(C)Oc2ccc(Br)cc2C(n2ccccc2=O)=C1CBr. The Morgan fingerprint density at radius 2 is 2.00 bits per heavy atom. The van der Waals surface area contributed by atoms with Crippen molar-refractivity contribution in [1.82, 2.24) is 4.57 Å². The molecule has 5 heteroatoms. The van der Waals surface area contributed by atoms with Crippen molar-refractivity contribution < 1.29 is 4.74 Å². The van der Waals surface area contributed by atoms with Crippen molar-refractivity contribution in [3.05, 3.63) is 68.6 Å². The van der Waals surface area contributed by atoms with Gasteiger partial charge < -0.3 is 4.74 Å². The summed E-state index contributed by atoms with van der Waals surface area (Å²) in [7, 11) is 0. The van der Waals surface area contributed by atoms with E-state index < -0.39 is 5.60 Å². The van der Waals surface area contributed by atoms with E-state index in [-0.39, 0.29) is 5.56 Å². The van der Waals surface area contributed by atoms with Crippen LogP contribution in [-0.4, -0.2) is 15.5 Å². The second-order valence-electron chi connectivity index (χ2n) is 5.62. The van der Waals surface area contributed by atoms with Gasteiger partial charge in [-0.3, -0.25) is 9.36 Å². The number of hydrogen-bond donors (Lipinski definition) is 0. The Labute approximate surface area is 145 Å². The van der Waals surface area contributed by atoms with Crippen molar-refractivity contribution in [2.75, 3.05) is 5.33 Å². The fourth-order valence-corrected chi connectivity index (χ4v) is 3.97. The molecule has 0 amide bonds. The van der Waals surface area contributed by atoms with Crippen molar-refractivity contribution >= 4 is 37.6 Å². The van der Waals surface area contributed by atoms with Gasteiger partial charge in [0.1, 0.15) is 11.4 Å². The van der Waals surface area contributed by atoms with E-state index in [1.165, 1.54) is 0 Å². The fourth-order valence-electron chi connectivity index (χ4n) is 2.67. The third-order valence-corrected chi connectivity index (χ3v) is 4.83. The molecule has 0 atom stereocenters. The zero-order valence-corrected chi connectivity index (χ0v) is 15.4. The van der Waals surface area contributed by atoms with Gasteiger partial charge in [-0.15, -0.1) is 0 Å². The number of nitrogens with zero attached hydrogens (tertiary/aromatic N) is 1. The normalized spacial score (nSPS) is 16.2. The minimum atomic E-state index is -0.491. The van der Waals surface area contributed by atoms with Gasteiger partial charge in [-0.05, 0) is 38.1 Å². The molecule has 3 rings (SSSR count). The van der Waals surface area contributed by atoms with E-state index in [4.69, 9.17) is 4.74 Å². The summed E-state index contributed by atoms with van der Waals surface area (Å²) in [4.78, 5) is 12.3. The van der Waals surface area contributed by atoms with Gasteiger partial charge in [-0.25, -0.2) is 0 Å². The van der Waals surface area contributed by atoms with Crippen LogP contribution in [0, 0.1) is 0 Å². The molecule has 0 aliphatic carbocycles. The average molecular weight is 425 g/mol. The third kappa shape index (κ3) is 2.57. The lowest BCUT2D eigenvalue weighted by molar-refractivity contribution is 0.144. The summed E-state index contributed by atoms with van der Waals surface area (Å²) in [6, 6.07) is 11.0. The molecule has 3 nitrogen and oxygen atoms in total. The first kappa shape index (κ1) is 15.6. The summed E-state index contributed by atoms with van der Waals surface area (Å²) in [6.45, 7) is 4.03. The lowest BCUT2D eigenvalue weighted by Gasteiger charge is -2.36. The molecule has 22 heavy (non-hydrogen) atoms. The Hall–Kier alpha value is -1.33. The first-order valence-electron chi connectivity index (χ1n) is 6.90. The molecule has 1 aliphatic heterocycles. The first-order valence-corrected chi connectivity index (χ1v) is 8.82. The molecule has 0 bridgehead atoms. The van der Waals surface area contributed by atoms with Gasteiger partial charge >= 0.3 is 0 Å². The van der Waals surface area contributed by atoms with Crippen LogP contribution in [-0.2, 0) is 0 Å². The van der Waals surface area contributed by atoms with Crippen LogP contribution in [0.15, 0.2) is 57.4 Å². The average Bonchev–Trinajstić information content (AvgIpc) is 2.47. The van der Waals surface area contributed by atoms with Crippen molar-refractivity contribution in [2.45, 2.75) is 19.4 Å². The first-order chi connectivity index (χ1) is 10.4. The molecule has 1 aliphatic rings. The lowest BCUT2D eigenvalue weighted by atomic mass is 9.90. The van der Waals surface area contributed by atoms with Crippen LogP contribution < -0.4 is 10.3 Å². The highest BCUT2D eigenvalue weighted by molar-refractivity contribution is 9.10. The second kappa shape index (κ2) is 5.70. The Kier molecular flexibility index (Phi) is 4.03. The molecular formula is C17H15Br2NO2. The largest absolute Gasteiger partial charge is 0.483 e. The summed E-state index contributed by atoms with van der Waals surface area (Å²) in [5, 5.41) is 0.628. The molecule has 0 saturated heterocycles. The van der Waals surface area contributed by atoms with E-state index >= 15 is 0 Å². The van der Waals surface area contributed by atoms with E-state index in [1.54, 1.807) is 22.9 Å². The predicted molar refractivity (Wildman–Crippen MR) is 95.7 cm³/mol. The van der Waals surface area contributed by atoms with Crippen molar-refractivity contribution in [2.24, 2.45) is 0 Å². The summed E-state index contributed by atoms with van der Waals surface area (Å²) < 4.78 is 8.78. The van der Waals surface area contributed by atoms with Crippen LogP contribution in [0.25, 0.3) is 5.70 Å². The summed E-state index contributed by atoms with van der Waals surface area (Å²) in [6.07, 6.45) is 1.80. The molecule has 1 aromatic heterocycles. The van der Waals surface area contributed by atoms with E-state index in [1.807, 2.05) is 38.1 Å². The number of benzene rings is 1. The highest BCUT2D eigenvalue weighted by atomic mass is 79.9. The lowest BCUT2D eigenvalue weighted by Crippen LogP contribution is -2.38. The van der Waals surface area contributed by atoms with Crippen LogP contribution in [0.1, 0.15) is 19.4 Å². The quantitative estimate of drug-likeness (QED) is 0.667. The van der Waals surface area contributed by atoms with Crippen LogP contribution in [0.4, 0.5) is 0 Å². The van der Waals surface area contributed by atoms with Gasteiger partial charge in [-0.2, -0.15) is 0 Å². The van der Waals surface area contributed by atoms with Crippen LogP contribution in [0.3, 0.4) is 0 Å².